The lowest BCUT2D eigenvalue weighted by Gasteiger charge is -2.03. The van der Waals surface area contributed by atoms with Gasteiger partial charge < -0.3 is 4.74 Å². The molecule has 0 N–H and O–H groups in total. The predicted molar refractivity (Wildman–Crippen MR) is 62.3 cm³/mol. The van der Waals surface area contributed by atoms with Crippen LogP contribution in [0.5, 0.6) is 0 Å². The minimum Gasteiger partial charge on any atom is -0.460 e. The van der Waals surface area contributed by atoms with Gasteiger partial charge in [-0.25, -0.2) is 9.48 Å². The molecule has 6 nitrogen and oxygen atoms in total. The Bertz CT molecular complexity index is 546. The fraction of sp³-hybridized carbons (Fsp3) is 0.167. The highest BCUT2D eigenvalue weighted by atomic mass is 16.5. The molecule has 0 amide bonds. The first kappa shape index (κ1) is 12.0. The lowest BCUT2D eigenvalue weighted by molar-refractivity contribution is -0.137. The van der Waals surface area contributed by atoms with Gasteiger partial charge in [0.15, 0.2) is 0 Å². The predicted octanol–water partition coefficient (Wildman–Crippen LogP) is 1.01. The molecular formula is C12H11N3O3. The number of nitrogens with zero attached hydrogens (tertiary/aromatic N) is 3. The van der Waals surface area contributed by atoms with E-state index in [1.165, 1.54) is 0 Å². The van der Waals surface area contributed by atoms with Crippen LogP contribution in [0.4, 0.5) is 0 Å². The Kier molecular flexibility index (Phi) is 3.47. The molecule has 0 bridgehead atoms. The van der Waals surface area contributed by atoms with E-state index in [9.17, 15) is 9.59 Å². The Morgan fingerprint density at radius 1 is 1.28 bits per heavy atom. The summed E-state index contributed by atoms with van der Waals surface area (Å²) in [5, 5.41) is 7.50. The molecule has 0 unspecified atom stereocenters. The van der Waals surface area contributed by atoms with Crippen LogP contribution < -0.4 is 0 Å². The molecule has 1 heterocycles. The first-order valence-corrected chi connectivity index (χ1v) is 5.40. The highest BCUT2D eigenvalue weighted by molar-refractivity contribution is 6.40. The Labute approximate surface area is 103 Å². The van der Waals surface area contributed by atoms with Crippen LogP contribution in [-0.2, 0) is 9.53 Å². The molecule has 0 saturated carbocycles. The Hall–Kier alpha value is -2.50. The van der Waals surface area contributed by atoms with Gasteiger partial charge in [-0.2, -0.15) is 0 Å². The quantitative estimate of drug-likeness (QED) is 0.456. The molecule has 0 atom stereocenters. The number of Topliss-reactive ketones (excluding diaryl/α,β-unsaturated/α-hetero) is 1. The fourth-order valence-electron chi connectivity index (χ4n) is 1.43. The second-order valence-electron chi connectivity index (χ2n) is 3.44. The van der Waals surface area contributed by atoms with Crippen molar-refractivity contribution in [2.24, 2.45) is 0 Å². The highest BCUT2D eigenvalue weighted by Gasteiger charge is 2.17. The molecule has 0 aliphatic rings. The van der Waals surface area contributed by atoms with E-state index in [1.54, 1.807) is 48.3 Å². The van der Waals surface area contributed by atoms with Crippen LogP contribution in [0.15, 0.2) is 36.7 Å². The largest absolute Gasteiger partial charge is 0.460 e. The van der Waals surface area contributed by atoms with Gasteiger partial charge in [-0.05, 0) is 31.2 Å². The van der Waals surface area contributed by atoms with Gasteiger partial charge in [0, 0.05) is 5.56 Å². The minimum absolute atomic E-state index is 0.182. The van der Waals surface area contributed by atoms with Crippen molar-refractivity contribution < 1.29 is 14.3 Å². The van der Waals surface area contributed by atoms with Gasteiger partial charge in [-0.15, -0.1) is 5.10 Å². The van der Waals surface area contributed by atoms with Crippen LogP contribution >= 0.6 is 0 Å². The summed E-state index contributed by atoms with van der Waals surface area (Å²) in [7, 11) is 0. The number of hydrogen-bond donors (Lipinski definition) is 0. The van der Waals surface area contributed by atoms with Gasteiger partial charge in [-0.1, -0.05) is 5.21 Å². The van der Waals surface area contributed by atoms with Gasteiger partial charge in [0.1, 0.15) is 0 Å². The van der Waals surface area contributed by atoms with Crippen molar-refractivity contribution in [1.29, 1.82) is 0 Å². The molecule has 0 aliphatic carbocycles. The molecule has 1 aromatic heterocycles. The average molecular weight is 245 g/mol. The van der Waals surface area contributed by atoms with Crippen molar-refractivity contribution in [3.8, 4) is 5.69 Å². The van der Waals surface area contributed by atoms with Gasteiger partial charge in [0.05, 0.1) is 24.7 Å². The number of rotatable bonds is 4. The average Bonchev–Trinajstić information content (AvgIpc) is 2.92. The number of ketones is 1. The molecule has 0 fully saturated rings. The van der Waals surface area contributed by atoms with Crippen LogP contribution in [0.25, 0.3) is 5.69 Å². The maximum Gasteiger partial charge on any atom is 0.379 e. The van der Waals surface area contributed by atoms with Gasteiger partial charge in [-0.3, -0.25) is 4.79 Å². The van der Waals surface area contributed by atoms with Crippen LogP contribution in [0, 0.1) is 0 Å². The molecule has 0 radical (unpaired) electrons. The Morgan fingerprint density at radius 3 is 2.56 bits per heavy atom. The SMILES string of the molecule is CCOC(=O)C(=O)c1ccc(-n2ccnn2)cc1. The number of hydrogen-bond acceptors (Lipinski definition) is 5. The topological polar surface area (TPSA) is 74.1 Å². The molecule has 0 saturated heterocycles. The van der Waals surface area contributed by atoms with E-state index < -0.39 is 11.8 Å². The second-order valence-corrected chi connectivity index (χ2v) is 3.44. The number of carbonyl (C=O) groups is 2. The minimum atomic E-state index is -0.842. The summed E-state index contributed by atoms with van der Waals surface area (Å²) < 4.78 is 6.20. The summed E-state index contributed by atoms with van der Waals surface area (Å²) in [5.41, 5.74) is 1.05. The number of ether oxygens (including phenoxy) is 1. The highest BCUT2D eigenvalue weighted by Crippen LogP contribution is 2.09. The summed E-state index contributed by atoms with van der Waals surface area (Å²) in [6, 6.07) is 6.47. The molecule has 2 rings (SSSR count). The standard InChI is InChI=1S/C12H11N3O3/c1-2-18-12(17)11(16)9-3-5-10(6-4-9)15-8-7-13-14-15/h3-8H,2H2,1H3. The van der Waals surface area contributed by atoms with Crippen molar-refractivity contribution >= 4 is 11.8 Å². The van der Waals surface area contributed by atoms with E-state index in [2.05, 4.69) is 15.0 Å². The normalized spacial score (nSPS) is 10.1. The zero-order valence-electron chi connectivity index (χ0n) is 9.74. The van der Waals surface area contributed by atoms with E-state index in [0.29, 0.717) is 0 Å². The number of aromatic nitrogens is 3. The third-order valence-corrected chi connectivity index (χ3v) is 2.28. The monoisotopic (exact) mass is 245 g/mol. The van der Waals surface area contributed by atoms with E-state index in [-0.39, 0.29) is 12.2 Å². The molecule has 18 heavy (non-hydrogen) atoms. The number of esters is 1. The summed E-state index contributed by atoms with van der Waals surface area (Å²) in [5.74, 6) is -1.49. The van der Waals surface area contributed by atoms with E-state index in [0.717, 1.165) is 5.69 Å². The summed E-state index contributed by atoms with van der Waals surface area (Å²) in [6.45, 7) is 1.83. The summed E-state index contributed by atoms with van der Waals surface area (Å²) in [4.78, 5) is 22.9. The summed E-state index contributed by atoms with van der Waals surface area (Å²) >= 11 is 0. The second kappa shape index (κ2) is 5.22. The first-order chi connectivity index (χ1) is 8.72. The molecular weight excluding hydrogens is 234 g/mol. The molecule has 92 valence electrons. The molecule has 6 heteroatoms. The first-order valence-electron chi connectivity index (χ1n) is 5.40. The smallest absolute Gasteiger partial charge is 0.379 e. The molecule has 1 aromatic carbocycles. The zero-order chi connectivity index (χ0) is 13.0. The lowest BCUT2D eigenvalue weighted by atomic mass is 10.1. The van der Waals surface area contributed by atoms with Crippen molar-refractivity contribution in [3.05, 3.63) is 42.2 Å². The van der Waals surface area contributed by atoms with Crippen LogP contribution in [0.2, 0.25) is 0 Å². The van der Waals surface area contributed by atoms with Crippen molar-refractivity contribution in [3.63, 3.8) is 0 Å². The van der Waals surface area contributed by atoms with Crippen molar-refractivity contribution in [2.45, 2.75) is 6.92 Å². The third kappa shape index (κ3) is 2.42. The van der Waals surface area contributed by atoms with Gasteiger partial charge in [0.25, 0.3) is 5.78 Å². The molecule has 0 aliphatic heterocycles. The maximum atomic E-state index is 11.6. The van der Waals surface area contributed by atoms with E-state index in [1.807, 2.05) is 0 Å². The zero-order valence-corrected chi connectivity index (χ0v) is 9.74. The maximum absolute atomic E-state index is 11.6. The van der Waals surface area contributed by atoms with Crippen molar-refractivity contribution in [2.75, 3.05) is 6.61 Å². The number of benzene rings is 1. The number of carbonyl (C=O) groups excluding carboxylic acids is 2. The van der Waals surface area contributed by atoms with E-state index in [4.69, 9.17) is 0 Å². The Morgan fingerprint density at radius 2 is 2.00 bits per heavy atom. The Balaban J connectivity index is 2.18. The van der Waals surface area contributed by atoms with Gasteiger partial charge >= 0.3 is 5.97 Å². The van der Waals surface area contributed by atoms with Crippen LogP contribution in [0.3, 0.4) is 0 Å². The third-order valence-electron chi connectivity index (χ3n) is 2.28. The van der Waals surface area contributed by atoms with Crippen LogP contribution in [0.1, 0.15) is 17.3 Å². The fourth-order valence-corrected chi connectivity index (χ4v) is 1.43. The van der Waals surface area contributed by atoms with Gasteiger partial charge in [0.2, 0.25) is 0 Å². The summed E-state index contributed by atoms with van der Waals surface area (Å²) in [6.07, 6.45) is 3.24. The molecule has 2 aromatic rings. The van der Waals surface area contributed by atoms with Crippen molar-refractivity contribution in [1.82, 2.24) is 15.0 Å². The molecule has 0 spiro atoms. The lowest BCUT2D eigenvalue weighted by Crippen LogP contribution is -2.17. The van der Waals surface area contributed by atoms with E-state index >= 15 is 0 Å². The van der Waals surface area contributed by atoms with Crippen LogP contribution in [-0.4, -0.2) is 33.4 Å².